The first-order valence-electron chi connectivity index (χ1n) is 13.9. The van der Waals surface area contributed by atoms with Crippen molar-refractivity contribution in [2.45, 2.75) is 62.2 Å². The fourth-order valence-corrected chi connectivity index (χ4v) is 4.02. The summed E-state index contributed by atoms with van der Waals surface area (Å²) >= 11 is 0. The van der Waals surface area contributed by atoms with E-state index in [-0.39, 0.29) is 24.3 Å². The molecule has 0 heterocycles. The number of nitro groups is 1. The summed E-state index contributed by atoms with van der Waals surface area (Å²) in [5.74, 6) is -41.0. The summed E-state index contributed by atoms with van der Waals surface area (Å²) in [5, 5.41) is 20.4. The number of nitrogens with zero attached hydrogens (tertiary/aromatic N) is 2. The molecule has 286 valence electrons. The van der Waals surface area contributed by atoms with Crippen LogP contribution in [0.2, 0.25) is 0 Å². The van der Waals surface area contributed by atoms with E-state index in [1.807, 2.05) is 0 Å². The second-order valence-electron chi connectivity index (χ2n) is 10.5. The standard InChI is InChI=1S/C28H25F13N2O8/c1-3-49-20(21(44)45)12-16-5-8-17(9-6-16)50-11-10-42(22(46)51-18-7-4-15(2)19(13-18)43(47)48)14-23(29,30)24(31,32)25(33,34)26(35,36)27(37,38)28(39,40)41/h4-9,13,20H,3,10-12,14H2,1-2H3,(H,44,45). The smallest absolute Gasteiger partial charge is 0.460 e. The number of carboxylic acids is 1. The second kappa shape index (κ2) is 15.4. The summed E-state index contributed by atoms with van der Waals surface area (Å²) in [6, 6.07) is 7.18. The molecule has 51 heavy (non-hydrogen) atoms. The minimum atomic E-state index is -8.17. The first-order chi connectivity index (χ1) is 23.1. The molecule has 23 heteroatoms. The number of hydrogen-bond acceptors (Lipinski definition) is 7. The SMILES string of the molecule is CCOC(Cc1ccc(OCCN(CC(F)(F)C(F)(F)C(F)(F)C(F)(F)C(F)(F)C(F)(F)F)C(=O)Oc2ccc(C)c([N+](=O)[O-])c2)cc1)C(=O)O. The molecule has 10 nitrogen and oxygen atoms in total. The topological polar surface area (TPSA) is 128 Å². The van der Waals surface area contributed by atoms with Gasteiger partial charge in [-0.25, -0.2) is 9.59 Å². The zero-order chi connectivity index (χ0) is 39.4. The molecule has 0 bridgehead atoms. The maximum Gasteiger partial charge on any atom is 0.460 e. The first-order valence-corrected chi connectivity index (χ1v) is 13.9. The van der Waals surface area contributed by atoms with E-state index in [2.05, 4.69) is 4.74 Å². The fourth-order valence-electron chi connectivity index (χ4n) is 4.02. The molecule has 0 aliphatic carbocycles. The van der Waals surface area contributed by atoms with Gasteiger partial charge in [0.25, 0.3) is 5.69 Å². The van der Waals surface area contributed by atoms with Crippen molar-refractivity contribution in [3.8, 4) is 11.5 Å². The molecule has 0 radical (unpaired) electrons. The number of aryl methyl sites for hydroxylation is 1. The molecule has 0 saturated carbocycles. The highest BCUT2D eigenvalue weighted by atomic mass is 19.4. The van der Waals surface area contributed by atoms with Crippen LogP contribution >= 0.6 is 0 Å². The molecule has 2 rings (SSSR count). The highest BCUT2D eigenvalue weighted by molar-refractivity contribution is 5.73. The molecule has 0 aliphatic rings. The second-order valence-corrected chi connectivity index (χ2v) is 10.5. The van der Waals surface area contributed by atoms with Gasteiger partial charge in [0.15, 0.2) is 6.10 Å². The minimum Gasteiger partial charge on any atom is -0.492 e. The lowest BCUT2D eigenvalue weighted by Gasteiger charge is -2.40. The van der Waals surface area contributed by atoms with Crippen LogP contribution in [0.15, 0.2) is 42.5 Å². The van der Waals surface area contributed by atoms with Gasteiger partial charge >= 0.3 is 47.9 Å². The van der Waals surface area contributed by atoms with E-state index in [0.717, 1.165) is 24.3 Å². The molecule has 1 atom stereocenters. The Bertz CT molecular complexity index is 1550. The molecule has 1 unspecified atom stereocenters. The Morgan fingerprint density at radius 2 is 1.37 bits per heavy atom. The van der Waals surface area contributed by atoms with Gasteiger partial charge in [-0.2, -0.15) is 57.1 Å². The third kappa shape index (κ3) is 9.03. The number of rotatable bonds is 17. The maximum absolute atomic E-state index is 14.8. The predicted molar refractivity (Wildman–Crippen MR) is 145 cm³/mol. The van der Waals surface area contributed by atoms with Crippen molar-refractivity contribution in [2.75, 3.05) is 26.3 Å². The molecule has 1 amide bonds. The van der Waals surface area contributed by atoms with Crippen LogP contribution in [0, 0.1) is 17.0 Å². The highest BCUT2D eigenvalue weighted by Crippen LogP contribution is 2.60. The molecule has 0 spiro atoms. The van der Waals surface area contributed by atoms with Crippen LogP contribution in [-0.2, 0) is 16.0 Å². The van der Waals surface area contributed by atoms with Crippen molar-refractivity contribution in [1.82, 2.24) is 4.90 Å². The van der Waals surface area contributed by atoms with Gasteiger partial charge in [-0.1, -0.05) is 12.1 Å². The molecule has 0 aliphatic heterocycles. The van der Waals surface area contributed by atoms with Gasteiger partial charge in [-0.15, -0.1) is 0 Å². The van der Waals surface area contributed by atoms with Crippen molar-refractivity contribution >= 4 is 17.7 Å². The number of amides is 1. The van der Waals surface area contributed by atoms with E-state index in [9.17, 15) is 81.9 Å². The largest absolute Gasteiger partial charge is 0.492 e. The predicted octanol–water partition coefficient (Wildman–Crippen LogP) is 7.55. The zero-order valence-electron chi connectivity index (χ0n) is 25.8. The summed E-state index contributed by atoms with van der Waals surface area (Å²) in [5.41, 5.74) is -0.423. The van der Waals surface area contributed by atoms with Crippen LogP contribution in [0.25, 0.3) is 0 Å². The average molecular weight is 764 g/mol. The van der Waals surface area contributed by atoms with Crippen molar-refractivity contribution in [1.29, 1.82) is 0 Å². The Hall–Kier alpha value is -4.57. The Morgan fingerprint density at radius 3 is 1.86 bits per heavy atom. The van der Waals surface area contributed by atoms with E-state index >= 15 is 0 Å². The average Bonchev–Trinajstić information content (AvgIpc) is 3.00. The number of alkyl halides is 13. The van der Waals surface area contributed by atoms with Crippen molar-refractivity contribution < 1.29 is 90.9 Å². The van der Waals surface area contributed by atoms with Crippen molar-refractivity contribution in [3.05, 3.63) is 63.7 Å². The third-order valence-corrected chi connectivity index (χ3v) is 6.85. The Balaban J connectivity index is 2.41. The number of aliphatic carboxylic acids is 1. The van der Waals surface area contributed by atoms with Gasteiger partial charge in [0.05, 0.1) is 24.1 Å². The van der Waals surface area contributed by atoms with E-state index in [1.54, 1.807) is 0 Å². The quantitative estimate of drug-likeness (QED) is 0.0994. The number of hydrogen-bond donors (Lipinski definition) is 1. The third-order valence-electron chi connectivity index (χ3n) is 6.85. The van der Waals surface area contributed by atoms with Crippen LogP contribution in [0.3, 0.4) is 0 Å². The Kier molecular flexibility index (Phi) is 12.8. The number of nitro benzene ring substituents is 1. The number of carbonyl (C=O) groups is 2. The summed E-state index contributed by atoms with van der Waals surface area (Å²) in [6.07, 6.45) is -11.2. The van der Waals surface area contributed by atoms with E-state index in [0.29, 0.717) is 11.6 Å². The lowest BCUT2D eigenvalue weighted by molar-refractivity contribution is -0.440. The fraction of sp³-hybridized carbons (Fsp3) is 0.500. The number of benzene rings is 2. The van der Waals surface area contributed by atoms with Gasteiger partial charge < -0.3 is 19.3 Å². The van der Waals surface area contributed by atoms with Crippen LogP contribution in [0.1, 0.15) is 18.1 Å². The van der Waals surface area contributed by atoms with Crippen LogP contribution < -0.4 is 9.47 Å². The lowest BCUT2D eigenvalue weighted by atomic mass is 9.93. The minimum absolute atomic E-state index is 0.0440. The molecule has 2 aromatic rings. The number of carbonyl (C=O) groups excluding carboxylic acids is 1. The Labute approximate surface area is 277 Å². The zero-order valence-corrected chi connectivity index (χ0v) is 25.8. The van der Waals surface area contributed by atoms with Gasteiger partial charge in [-0.05, 0) is 43.7 Å². The van der Waals surface area contributed by atoms with Crippen LogP contribution in [-0.4, -0.2) is 95.2 Å². The van der Waals surface area contributed by atoms with Gasteiger partial charge in [0, 0.05) is 18.6 Å². The van der Waals surface area contributed by atoms with Crippen molar-refractivity contribution in [3.63, 3.8) is 0 Å². The summed E-state index contributed by atoms with van der Waals surface area (Å²) in [6.45, 7) is -2.73. The molecule has 0 fully saturated rings. The summed E-state index contributed by atoms with van der Waals surface area (Å²) < 4.78 is 193. The van der Waals surface area contributed by atoms with E-state index in [1.165, 1.54) is 26.0 Å². The molecule has 0 saturated heterocycles. The van der Waals surface area contributed by atoms with Gasteiger partial charge in [0.2, 0.25) is 0 Å². The van der Waals surface area contributed by atoms with Gasteiger partial charge in [-0.3, -0.25) is 15.0 Å². The monoisotopic (exact) mass is 764 g/mol. The number of halogens is 13. The van der Waals surface area contributed by atoms with Gasteiger partial charge in [0.1, 0.15) is 18.1 Å². The van der Waals surface area contributed by atoms with E-state index < -0.39 is 94.9 Å². The Morgan fingerprint density at radius 1 is 0.843 bits per heavy atom. The number of ether oxygens (including phenoxy) is 3. The van der Waals surface area contributed by atoms with E-state index in [4.69, 9.17) is 9.47 Å². The molecular formula is C28H25F13N2O8. The first kappa shape index (κ1) is 42.6. The normalized spacial score (nSPS) is 13.8. The molecule has 0 aromatic heterocycles. The maximum atomic E-state index is 14.8. The number of carboxylic acid groups (broad SMARTS) is 1. The molecular weight excluding hydrogens is 739 g/mol. The highest BCUT2D eigenvalue weighted by Gasteiger charge is 2.90. The molecule has 2 aromatic carbocycles. The summed E-state index contributed by atoms with van der Waals surface area (Å²) in [4.78, 5) is 33.6. The van der Waals surface area contributed by atoms with Crippen LogP contribution in [0.4, 0.5) is 67.6 Å². The van der Waals surface area contributed by atoms with Crippen molar-refractivity contribution in [2.24, 2.45) is 0 Å². The molecule has 1 N–H and O–H groups in total. The van der Waals surface area contributed by atoms with Crippen LogP contribution in [0.5, 0.6) is 11.5 Å². The lowest BCUT2D eigenvalue weighted by Crippen LogP contribution is -2.71. The summed E-state index contributed by atoms with van der Waals surface area (Å²) in [7, 11) is 0.